The first-order chi connectivity index (χ1) is 7.51. The first-order valence-electron chi connectivity index (χ1n) is 5.21. The van der Waals surface area contributed by atoms with Gasteiger partial charge in [-0.1, -0.05) is 18.5 Å². The van der Waals surface area contributed by atoms with Crippen LogP contribution in [0.5, 0.6) is 0 Å². The molecule has 6 heteroatoms. The molecule has 1 aromatic heterocycles. The first-order valence-corrected chi connectivity index (χ1v) is 5.59. The van der Waals surface area contributed by atoms with Crippen molar-refractivity contribution in [3.63, 3.8) is 0 Å². The average molecular weight is 253 g/mol. The highest BCUT2D eigenvalue weighted by atomic mass is 35.5. The first kappa shape index (κ1) is 13.4. The predicted octanol–water partition coefficient (Wildman–Crippen LogP) is 2.29. The van der Waals surface area contributed by atoms with Gasteiger partial charge in [0.2, 0.25) is 0 Å². The summed E-state index contributed by atoms with van der Waals surface area (Å²) in [7, 11) is 0. The third-order valence-electron chi connectivity index (χ3n) is 2.39. The molecular formula is C10H15ClF2N2O. The summed E-state index contributed by atoms with van der Waals surface area (Å²) < 4.78 is 26.1. The van der Waals surface area contributed by atoms with Gasteiger partial charge in [-0.15, -0.1) is 0 Å². The van der Waals surface area contributed by atoms with E-state index in [0.29, 0.717) is 29.4 Å². The number of hydrogen-bond acceptors (Lipinski definition) is 2. The smallest absolute Gasteiger partial charge is 0.264 e. The molecule has 0 saturated carbocycles. The Morgan fingerprint density at radius 2 is 2.06 bits per heavy atom. The highest BCUT2D eigenvalue weighted by Gasteiger charge is 2.22. The second kappa shape index (κ2) is 5.59. The van der Waals surface area contributed by atoms with E-state index < -0.39 is 12.5 Å². The quantitative estimate of drug-likeness (QED) is 0.873. The van der Waals surface area contributed by atoms with Gasteiger partial charge in [0.25, 0.3) is 6.43 Å². The molecule has 0 aliphatic heterocycles. The van der Waals surface area contributed by atoms with Crippen molar-refractivity contribution in [3.05, 3.63) is 16.4 Å². The van der Waals surface area contributed by atoms with Crippen LogP contribution in [-0.2, 0) is 19.4 Å². The fourth-order valence-corrected chi connectivity index (χ4v) is 1.85. The molecule has 0 aliphatic rings. The van der Waals surface area contributed by atoms with Crippen LogP contribution in [0.3, 0.4) is 0 Å². The standard InChI is InChI=1S/C10H15ClF2N2O/c1-3-6-9(11)7(15(4-2)14-6)5-8(16)10(12)13/h8,10,16H,3-5H2,1-2H3. The zero-order valence-corrected chi connectivity index (χ0v) is 10.0. The van der Waals surface area contributed by atoms with Crippen molar-refractivity contribution in [3.8, 4) is 0 Å². The van der Waals surface area contributed by atoms with Crippen LogP contribution < -0.4 is 0 Å². The minimum absolute atomic E-state index is 0.169. The molecule has 1 unspecified atom stereocenters. The Morgan fingerprint density at radius 1 is 1.44 bits per heavy atom. The monoisotopic (exact) mass is 252 g/mol. The van der Waals surface area contributed by atoms with E-state index in [-0.39, 0.29) is 6.42 Å². The van der Waals surface area contributed by atoms with E-state index in [1.54, 1.807) is 4.68 Å². The molecule has 1 rings (SSSR count). The molecule has 0 aliphatic carbocycles. The molecule has 0 radical (unpaired) electrons. The highest BCUT2D eigenvalue weighted by molar-refractivity contribution is 6.31. The molecule has 92 valence electrons. The lowest BCUT2D eigenvalue weighted by molar-refractivity contribution is -0.00467. The normalized spacial score (nSPS) is 13.4. The number of aliphatic hydroxyl groups is 1. The largest absolute Gasteiger partial charge is 0.387 e. The van der Waals surface area contributed by atoms with Crippen molar-refractivity contribution in [2.24, 2.45) is 0 Å². The van der Waals surface area contributed by atoms with Gasteiger partial charge in [-0.05, 0) is 13.3 Å². The lowest BCUT2D eigenvalue weighted by atomic mass is 10.2. The fourth-order valence-electron chi connectivity index (χ4n) is 1.50. The summed E-state index contributed by atoms with van der Waals surface area (Å²) >= 11 is 6.02. The van der Waals surface area contributed by atoms with Crippen LogP contribution in [0, 0.1) is 0 Å². The van der Waals surface area contributed by atoms with E-state index in [1.165, 1.54) is 0 Å². The molecule has 1 atom stereocenters. The van der Waals surface area contributed by atoms with Gasteiger partial charge < -0.3 is 5.11 Å². The molecule has 0 fully saturated rings. The number of alkyl halides is 2. The minimum Gasteiger partial charge on any atom is -0.387 e. The van der Waals surface area contributed by atoms with Gasteiger partial charge in [0.1, 0.15) is 6.10 Å². The third-order valence-corrected chi connectivity index (χ3v) is 2.82. The lowest BCUT2D eigenvalue weighted by Gasteiger charge is -2.10. The van der Waals surface area contributed by atoms with E-state index >= 15 is 0 Å². The van der Waals surface area contributed by atoms with Gasteiger partial charge >= 0.3 is 0 Å². The second-order valence-corrected chi connectivity index (χ2v) is 3.86. The Morgan fingerprint density at radius 3 is 2.50 bits per heavy atom. The number of aryl methyl sites for hydroxylation is 2. The second-order valence-electron chi connectivity index (χ2n) is 3.48. The van der Waals surface area contributed by atoms with Gasteiger partial charge in [0.15, 0.2) is 0 Å². The molecule has 16 heavy (non-hydrogen) atoms. The van der Waals surface area contributed by atoms with Gasteiger partial charge in [0, 0.05) is 13.0 Å². The lowest BCUT2D eigenvalue weighted by Crippen LogP contribution is -2.22. The van der Waals surface area contributed by atoms with E-state index in [0.717, 1.165) is 0 Å². The number of aromatic nitrogens is 2. The van der Waals surface area contributed by atoms with Crippen LogP contribution in [0.2, 0.25) is 5.02 Å². The Labute approximate surface area is 98.0 Å². The molecule has 0 amide bonds. The van der Waals surface area contributed by atoms with E-state index in [4.69, 9.17) is 16.7 Å². The van der Waals surface area contributed by atoms with Crippen LogP contribution in [0.15, 0.2) is 0 Å². The molecule has 1 aromatic rings. The molecule has 0 spiro atoms. The number of halogens is 3. The van der Waals surface area contributed by atoms with Crippen molar-refractivity contribution in [2.75, 3.05) is 0 Å². The van der Waals surface area contributed by atoms with Gasteiger partial charge in [0.05, 0.1) is 16.4 Å². The van der Waals surface area contributed by atoms with Crippen molar-refractivity contribution in [1.82, 2.24) is 9.78 Å². The molecule has 0 bridgehead atoms. The van der Waals surface area contributed by atoms with Crippen LogP contribution in [0.25, 0.3) is 0 Å². The zero-order valence-electron chi connectivity index (χ0n) is 9.25. The summed E-state index contributed by atoms with van der Waals surface area (Å²) in [5.74, 6) is 0. The predicted molar refractivity (Wildman–Crippen MR) is 58.0 cm³/mol. The Balaban J connectivity index is 2.97. The van der Waals surface area contributed by atoms with E-state index in [9.17, 15) is 8.78 Å². The van der Waals surface area contributed by atoms with E-state index in [2.05, 4.69) is 5.10 Å². The van der Waals surface area contributed by atoms with Crippen molar-refractivity contribution in [2.45, 2.75) is 45.8 Å². The van der Waals surface area contributed by atoms with Crippen LogP contribution >= 0.6 is 11.6 Å². The highest BCUT2D eigenvalue weighted by Crippen LogP contribution is 2.23. The summed E-state index contributed by atoms with van der Waals surface area (Å²) in [4.78, 5) is 0. The number of aliphatic hydroxyl groups excluding tert-OH is 1. The summed E-state index contributed by atoms with van der Waals surface area (Å²) in [6.45, 7) is 4.29. The van der Waals surface area contributed by atoms with Crippen molar-refractivity contribution >= 4 is 11.6 Å². The molecular weight excluding hydrogens is 238 g/mol. The van der Waals surface area contributed by atoms with Crippen LogP contribution in [-0.4, -0.2) is 27.4 Å². The van der Waals surface area contributed by atoms with Crippen LogP contribution in [0.4, 0.5) is 8.78 Å². The summed E-state index contributed by atoms with van der Waals surface area (Å²) in [6.07, 6.45) is -3.98. The van der Waals surface area contributed by atoms with Gasteiger partial charge in [-0.3, -0.25) is 4.68 Å². The minimum atomic E-state index is -2.76. The molecule has 1 N–H and O–H groups in total. The number of rotatable bonds is 5. The maximum Gasteiger partial charge on any atom is 0.264 e. The molecule has 0 saturated heterocycles. The number of hydrogen-bond donors (Lipinski definition) is 1. The SMILES string of the molecule is CCc1nn(CC)c(CC(O)C(F)F)c1Cl. The van der Waals surface area contributed by atoms with E-state index in [1.807, 2.05) is 13.8 Å². The summed E-state index contributed by atoms with van der Waals surface area (Å²) in [5.41, 5.74) is 1.16. The fraction of sp³-hybridized carbons (Fsp3) is 0.700. The van der Waals surface area contributed by atoms with Crippen molar-refractivity contribution in [1.29, 1.82) is 0 Å². The molecule has 1 heterocycles. The van der Waals surface area contributed by atoms with Crippen LogP contribution in [0.1, 0.15) is 25.2 Å². The molecule has 0 aromatic carbocycles. The van der Waals surface area contributed by atoms with Gasteiger partial charge in [-0.25, -0.2) is 8.78 Å². The number of nitrogens with zero attached hydrogens (tertiary/aromatic N) is 2. The van der Waals surface area contributed by atoms with Gasteiger partial charge in [-0.2, -0.15) is 5.10 Å². The maximum absolute atomic E-state index is 12.2. The summed E-state index contributed by atoms with van der Waals surface area (Å²) in [5, 5.41) is 13.7. The maximum atomic E-state index is 12.2. The summed E-state index contributed by atoms with van der Waals surface area (Å²) in [6, 6.07) is 0. The molecule has 3 nitrogen and oxygen atoms in total. The Hall–Kier alpha value is -0.680. The Kier molecular flexibility index (Phi) is 4.68. The third kappa shape index (κ3) is 2.71. The Bertz CT molecular complexity index is 355. The zero-order chi connectivity index (χ0) is 12.3. The van der Waals surface area contributed by atoms with Crippen molar-refractivity contribution < 1.29 is 13.9 Å². The average Bonchev–Trinajstić information content (AvgIpc) is 2.55. The topological polar surface area (TPSA) is 38.0 Å².